The van der Waals surface area contributed by atoms with Gasteiger partial charge in [-0.2, -0.15) is 0 Å². The summed E-state index contributed by atoms with van der Waals surface area (Å²) in [7, 11) is 0. The molecule has 2 heterocycles. The van der Waals surface area contributed by atoms with Crippen molar-refractivity contribution in [1.29, 1.82) is 0 Å². The maximum Gasteiger partial charge on any atom is 0.513 e. The molecule has 164 valence electrons. The van der Waals surface area contributed by atoms with E-state index in [9.17, 15) is 9.59 Å². The second kappa shape index (κ2) is 9.02. The molecule has 7 heteroatoms. The Kier molecular flexibility index (Phi) is 6.82. The van der Waals surface area contributed by atoms with Crippen LogP contribution in [0.15, 0.2) is 17.9 Å². The van der Waals surface area contributed by atoms with Gasteiger partial charge in [-0.15, -0.1) is 0 Å². The fourth-order valence-electron chi connectivity index (χ4n) is 4.22. The number of amides is 1. The lowest BCUT2D eigenvalue weighted by Crippen LogP contribution is -2.39. The summed E-state index contributed by atoms with van der Waals surface area (Å²) in [4.78, 5) is 26.0. The number of hydrogen-bond acceptors (Lipinski definition) is 6. The topological polar surface area (TPSA) is 65.1 Å². The molecule has 1 fully saturated rings. The van der Waals surface area contributed by atoms with Crippen molar-refractivity contribution in [2.75, 3.05) is 19.0 Å². The van der Waals surface area contributed by atoms with Gasteiger partial charge in [0.25, 0.3) is 5.91 Å². The number of nitrogens with zero attached hydrogens (tertiary/aromatic N) is 1. The molecule has 1 saturated heterocycles. The molecule has 0 radical (unpaired) electrons. The Bertz CT molecular complexity index is 847. The van der Waals surface area contributed by atoms with Gasteiger partial charge in [-0.25, -0.2) is 4.79 Å². The maximum atomic E-state index is 13.5. The molecule has 0 aromatic heterocycles. The van der Waals surface area contributed by atoms with Crippen LogP contribution in [-0.4, -0.2) is 47.0 Å². The highest BCUT2D eigenvalue weighted by Gasteiger charge is 2.49. The quantitative estimate of drug-likeness (QED) is 0.467. The SMILES string of the molecule is CCSN1C(=O)C(c2c(C)cc(C)cc2C)=C(OC(=O)OCC2CCCO2)C1(C)C. The van der Waals surface area contributed by atoms with Crippen molar-refractivity contribution in [3.63, 3.8) is 0 Å². The summed E-state index contributed by atoms with van der Waals surface area (Å²) in [6.07, 6.45) is 0.950. The Morgan fingerprint density at radius 2 is 1.93 bits per heavy atom. The summed E-state index contributed by atoms with van der Waals surface area (Å²) in [5, 5.41) is 0. The van der Waals surface area contributed by atoms with E-state index in [1.165, 1.54) is 11.9 Å². The first-order valence-corrected chi connectivity index (χ1v) is 11.4. The lowest BCUT2D eigenvalue weighted by Gasteiger charge is -2.31. The number of rotatable bonds is 6. The van der Waals surface area contributed by atoms with Gasteiger partial charge in [0, 0.05) is 12.4 Å². The minimum atomic E-state index is -0.801. The van der Waals surface area contributed by atoms with Crippen molar-refractivity contribution in [1.82, 2.24) is 4.31 Å². The minimum Gasteiger partial charge on any atom is -0.431 e. The van der Waals surface area contributed by atoms with Crippen LogP contribution in [0.1, 0.15) is 55.9 Å². The summed E-state index contributed by atoms with van der Waals surface area (Å²) in [6.45, 7) is 12.6. The molecule has 1 amide bonds. The van der Waals surface area contributed by atoms with E-state index < -0.39 is 11.7 Å². The molecular formula is C23H31NO5S. The van der Waals surface area contributed by atoms with E-state index in [0.717, 1.165) is 40.8 Å². The number of aryl methyl sites for hydroxylation is 3. The second-order valence-corrected chi connectivity index (χ2v) is 9.55. The lowest BCUT2D eigenvalue weighted by atomic mass is 9.91. The van der Waals surface area contributed by atoms with Gasteiger partial charge >= 0.3 is 6.16 Å². The first-order valence-electron chi connectivity index (χ1n) is 10.4. The molecule has 1 unspecified atom stereocenters. The molecule has 2 aliphatic heterocycles. The number of ether oxygens (including phenoxy) is 3. The normalized spacial score (nSPS) is 20.8. The molecule has 30 heavy (non-hydrogen) atoms. The summed E-state index contributed by atoms with van der Waals surface area (Å²) in [6, 6.07) is 4.08. The Morgan fingerprint density at radius 1 is 1.27 bits per heavy atom. The highest BCUT2D eigenvalue weighted by Crippen LogP contribution is 2.45. The van der Waals surface area contributed by atoms with Gasteiger partial charge in [-0.3, -0.25) is 9.10 Å². The zero-order chi connectivity index (χ0) is 22.1. The molecular weight excluding hydrogens is 402 g/mol. The van der Waals surface area contributed by atoms with Crippen LogP contribution in [0.2, 0.25) is 0 Å². The fraction of sp³-hybridized carbons (Fsp3) is 0.565. The lowest BCUT2D eigenvalue weighted by molar-refractivity contribution is -0.121. The van der Waals surface area contributed by atoms with Crippen molar-refractivity contribution in [2.24, 2.45) is 0 Å². The average Bonchev–Trinajstić information content (AvgIpc) is 3.23. The zero-order valence-corrected chi connectivity index (χ0v) is 19.5. The zero-order valence-electron chi connectivity index (χ0n) is 18.7. The summed E-state index contributed by atoms with van der Waals surface area (Å²) < 4.78 is 18.2. The van der Waals surface area contributed by atoms with E-state index in [1.807, 2.05) is 53.7 Å². The van der Waals surface area contributed by atoms with Crippen molar-refractivity contribution in [3.8, 4) is 0 Å². The van der Waals surface area contributed by atoms with Crippen LogP contribution in [0.3, 0.4) is 0 Å². The smallest absolute Gasteiger partial charge is 0.431 e. The average molecular weight is 434 g/mol. The number of carbonyl (C=O) groups is 2. The van der Waals surface area contributed by atoms with Crippen molar-refractivity contribution >= 4 is 29.6 Å². The molecule has 1 aromatic carbocycles. The number of hydrogen-bond donors (Lipinski definition) is 0. The van der Waals surface area contributed by atoms with E-state index in [1.54, 1.807) is 4.31 Å². The largest absolute Gasteiger partial charge is 0.513 e. The molecule has 0 spiro atoms. The van der Waals surface area contributed by atoms with E-state index in [4.69, 9.17) is 14.2 Å². The molecule has 0 aliphatic carbocycles. The molecule has 0 bridgehead atoms. The summed E-state index contributed by atoms with van der Waals surface area (Å²) in [5.41, 5.74) is 3.54. The number of carbonyl (C=O) groups excluding carboxylic acids is 2. The maximum absolute atomic E-state index is 13.5. The Morgan fingerprint density at radius 3 is 2.50 bits per heavy atom. The first kappa shape index (κ1) is 22.7. The number of benzene rings is 1. The Hall–Kier alpha value is -1.99. The molecule has 6 nitrogen and oxygen atoms in total. The standard InChI is InChI=1S/C23H31NO5S/c1-7-30-24-21(25)19(18-15(3)11-14(2)12-16(18)4)20(23(24,5)6)29-22(26)28-13-17-9-8-10-27-17/h11-12,17H,7-10,13H2,1-6H3. The summed E-state index contributed by atoms with van der Waals surface area (Å²) >= 11 is 1.42. The van der Waals surface area contributed by atoms with Gasteiger partial charge in [0.05, 0.1) is 11.7 Å². The molecule has 0 N–H and O–H groups in total. The van der Waals surface area contributed by atoms with Crippen LogP contribution in [0.5, 0.6) is 0 Å². The highest BCUT2D eigenvalue weighted by atomic mass is 32.2. The molecule has 0 saturated carbocycles. The van der Waals surface area contributed by atoms with Crippen molar-refractivity contribution < 1.29 is 23.8 Å². The van der Waals surface area contributed by atoms with Gasteiger partial charge in [0.2, 0.25) is 0 Å². The van der Waals surface area contributed by atoms with Crippen molar-refractivity contribution in [3.05, 3.63) is 40.1 Å². The third-order valence-electron chi connectivity index (χ3n) is 5.47. The van der Waals surface area contributed by atoms with Crippen LogP contribution in [0.4, 0.5) is 4.79 Å². The molecule has 1 atom stereocenters. The monoisotopic (exact) mass is 433 g/mol. The van der Waals surface area contributed by atoms with Crippen LogP contribution in [-0.2, 0) is 19.0 Å². The predicted molar refractivity (Wildman–Crippen MR) is 118 cm³/mol. The predicted octanol–water partition coefficient (Wildman–Crippen LogP) is 4.94. The van der Waals surface area contributed by atoms with Crippen LogP contribution in [0, 0.1) is 20.8 Å². The first-order chi connectivity index (χ1) is 14.2. The van der Waals surface area contributed by atoms with Gasteiger partial charge in [-0.05, 0) is 76.1 Å². The molecule has 2 aliphatic rings. The Labute approximate surface area is 183 Å². The van der Waals surface area contributed by atoms with Crippen LogP contribution < -0.4 is 0 Å². The molecule has 3 rings (SSSR count). The van der Waals surface area contributed by atoms with E-state index in [2.05, 4.69) is 0 Å². The second-order valence-electron chi connectivity index (χ2n) is 8.35. The van der Waals surface area contributed by atoms with E-state index >= 15 is 0 Å². The third kappa shape index (κ3) is 4.37. The van der Waals surface area contributed by atoms with E-state index in [0.29, 0.717) is 17.9 Å². The van der Waals surface area contributed by atoms with Gasteiger partial charge in [0.15, 0.2) is 5.76 Å². The minimum absolute atomic E-state index is 0.0852. The highest BCUT2D eigenvalue weighted by molar-refractivity contribution is 7.97. The molecule has 1 aromatic rings. The fourth-order valence-corrected chi connectivity index (χ4v) is 5.09. The Balaban J connectivity index is 1.98. The van der Waals surface area contributed by atoms with E-state index in [-0.39, 0.29) is 18.6 Å². The van der Waals surface area contributed by atoms with Gasteiger partial charge in [-0.1, -0.05) is 24.6 Å². The van der Waals surface area contributed by atoms with Gasteiger partial charge < -0.3 is 14.2 Å². The summed E-state index contributed by atoms with van der Waals surface area (Å²) in [5.74, 6) is 0.912. The van der Waals surface area contributed by atoms with Crippen LogP contribution in [0.25, 0.3) is 5.57 Å². The van der Waals surface area contributed by atoms with Crippen LogP contribution >= 0.6 is 11.9 Å². The van der Waals surface area contributed by atoms with Crippen molar-refractivity contribution in [2.45, 2.75) is 66.0 Å². The van der Waals surface area contributed by atoms with Gasteiger partial charge in [0.1, 0.15) is 12.1 Å². The third-order valence-corrected chi connectivity index (χ3v) is 6.61.